The van der Waals surface area contributed by atoms with E-state index in [0.29, 0.717) is 22.6 Å². The number of hydrogen-bond acceptors (Lipinski definition) is 3. The van der Waals surface area contributed by atoms with Crippen molar-refractivity contribution in [2.24, 2.45) is 0 Å². The Morgan fingerprint density at radius 3 is 2.35 bits per heavy atom. The van der Waals surface area contributed by atoms with E-state index in [1.54, 1.807) is 13.0 Å². The molecular formula is C14H10Cl2FN3. The lowest BCUT2D eigenvalue weighted by Crippen LogP contribution is -2.00. The van der Waals surface area contributed by atoms with Crippen molar-refractivity contribution in [1.29, 1.82) is 5.26 Å². The number of rotatable bonds is 2. The summed E-state index contributed by atoms with van der Waals surface area (Å²) in [6, 6.07) is 6.64. The predicted octanol–water partition coefficient (Wildman–Crippen LogP) is 4.76. The molecule has 1 aromatic carbocycles. The molecule has 2 rings (SSSR count). The first-order valence-electron chi connectivity index (χ1n) is 5.72. The van der Waals surface area contributed by atoms with Crippen molar-refractivity contribution in [2.75, 3.05) is 5.32 Å². The third-order valence-corrected chi connectivity index (χ3v) is 3.25. The zero-order chi connectivity index (χ0) is 14.9. The fraction of sp³-hybridized carbons (Fsp3) is 0.143. The van der Waals surface area contributed by atoms with Crippen molar-refractivity contribution < 1.29 is 4.39 Å². The minimum absolute atomic E-state index is 0.0824. The Morgan fingerprint density at radius 2 is 1.80 bits per heavy atom. The van der Waals surface area contributed by atoms with Gasteiger partial charge in [0.1, 0.15) is 6.07 Å². The first kappa shape index (κ1) is 14.6. The normalized spacial score (nSPS) is 10.2. The van der Waals surface area contributed by atoms with Crippen LogP contribution in [-0.2, 0) is 0 Å². The topological polar surface area (TPSA) is 48.7 Å². The molecule has 0 bridgehead atoms. The number of pyridine rings is 1. The Morgan fingerprint density at radius 1 is 1.20 bits per heavy atom. The van der Waals surface area contributed by atoms with Crippen LogP contribution >= 0.6 is 23.2 Å². The highest BCUT2D eigenvalue weighted by Crippen LogP contribution is 2.30. The van der Waals surface area contributed by atoms with Crippen LogP contribution in [0.2, 0.25) is 10.0 Å². The van der Waals surface area contributed by atoms with E-state index >= 15 is 0 Å². The minimum Gasteiger partial charge on any atom is -0.354 e. The number of benzene rings is 1. The molecule has 0 saturated heterocycles. The summed E-state index contributed by atoms with van der Waals surface area (Å²) in [5, 5.41) is 12.0. The molecule has 0 radical (unpaired) electrons. The van der Waals surface area contributed by atoms with Crippen molar-refractivity contribution in [1.82, 2.24) is 4.98 Å². The molecule has 0 saturated carbocycles. The quantitative estimate of drug-likeness (QED) is 0.814. The zero-order valence-corrected chi connectivity index (χ0v) is 12.3. The molecule has 1 heterocycles. The molecule has 0 aliphatic rings. The molecule has 0 fully saturated rings. The molecule has 0 atom stereocenters. The van der Waals surface area contributed by atoms with Gasteiger partial charge in [-0.25, -0.2) is 4.39 Å². The van der Waals surface area contributed by atoms with Crippen LogP contribution in [0.25, 0.3) is 0 Å². The van der Waals surface area contributed by atoms with Gasteiger partial charge >= 0.3 is 0 Å². The molecule has 102 valence electrons. The monoisotopic (exact) mass is 309 g/mol. The molecule has 0 spiro atoms. The van der Waals surface area contributed by atoms with Gasteiger partial charge in [0, 0.05) is 11.4 Å². The van der Waals surface area contributed by atoms with Crippen LogP contribution < -0.4 is 5.32 Å². The van der Waals surface area contributed by atoms with Crippen molar-refractivity contribution >= 4 is 34.6 Å². The minimum atomic E-state index is -0.665. The lowest BCUT2D eigenvalue weighted by molar-refractivity contribution is 0.629. The molecule has 1 N–H and O–H groups in total. The summed E-state index contributed by atoms with van der Waals surface area (Å²) in [5.41, 5.74) is 2.89. The third kappa shape index (κ3) is 2.84. The zero-order valence-electron chi connectivity index (χ0n) is 10.8. The number of nitriles is 1. The Balaban J connectivity index is 2.48. The van der Waals surface area contributed by atoms with Crippen LogP contribution in [0, 0.1) is 31.0 Å². The molecule has 6 heteroatoms. The van der Waals surface area contributed by atoms with Crippen molar-refractivity contribution in [3.8, 4) is 6.07 Å². The SMILES string of the molecule is Cc1cc(Nc2cc(Cl)c(F)c(Cl)c2)c(C#N)c(C)n1. The second-order valence-corrected chi connectivity index (χ2v) is 5.08. The van der Waals surface area contributed by atoms with Crippen LogP contribution in [-0.4, -0.2) is 4.98 Å². The molecule has 20 heavy (non-hydrogen) atoms. The van der Waals surface area contributed by atoms with Crippen LogP contribution in [0.5, 0.6) is 0 Å². The summed E-state index contributed by atoms with van der Waals surface area (Å²) in [6.07, 6.45) is 0. The Labute approximate surface area is 126 Å². The van der Waals surface area contributed by atoms with E-state index in [9.17, 15) is 9.65 Å². The Hall–Kier alpha value is -1.83. The van der Waals surface area contributed by atoms with E-state index < -0.39 is 5.82 Å². The maximum atomic E-state index is 13.4. The van der Waals surface area contributed by atoms with Gasteiger partial charge < -0.3 is 5.32 Å². The van der Waals surface area contributed by atoms with Crippen LogP contribution in [0.3, 0.4) is 0 Å². The van der Waals surface area contributed by atoms with Gasteiger partial charge in [0.05, 0.1) is 27.0 Å². The highest BCUT2D eigenvalue weighted by molar-refractivity contribution is 6.35. The Kier molecular flexibility index (Phi) is 4.12. The number of aryl methyl sites for hydroxylation is 2. The first-order valence-corrected chi connectivity index (χ1v) is 6.48. The van der Waals surface area contributed by atoms with E-state index in [1.807, 2.05) is 6.92 Å². The second-order valence-electron chi connectivity index (χ2n) is 4.26. The summed E-state index contributed by atoms with van der Waals surface area (Å²) in [5.74, 6) is -0.665. The van der Waals surface area contributed by atoms with Gasteiger partial charge in [-0.2, -0.15) is 5.26 Å². The number of hydrogen-bond donors (Lipinski definition) is 1. The molecule has 0 amide bonds. The molecule has 2 aromatic rings. The smallest absolute Gasteiger partial charge is 0.160 e. The van der Waals surface area contributed by atoms with Crippen LogP contribution in [0.4, 0.5) is 15.8 Å². The molecule has 0 aliphatic carbocycles. The van der Waals surface area contributed by atoms with Gasteiger partial charge in [-0.3, -0.25) is 4.98 Å². The third-order valence-electron chi connectivity index (χ3n) is 2.70. The van der Waals surface area contributed by atoms with E-state index in [4.69, 9.17) is 23.2 Å². The molecule has 3 nitrogen and oxygen atoms in total. The maximum absolute atomic E-state index is 13.4. The molecule has 0 aliphatic heterocycles. The highest BCUT2D eigenvalue weighted by atomic mass is 35.5. The lowest BCUT2D eigenvalue weighted by atomic mass is 10.1. The van der Waals surface area contributed by atoms with Gasteiger partial charge in [-0.05, 0) is 32.0 Å². The van der Waals surface area contributed by atoms with Gasteiger partial charge in [0.15, 0.2) is 5.82 Å². The maximum Gasteiger partial charge on any atom is 0.160 e. The number of nitrogens with one attached hydrogen (secondary N) is 1. The largest absolute Gasteiger partial charge is 0.354 e. The average molecular weight is 310 g/mol. The summed E-state index contributed by atoms with van der Waals surface area (Å²) < 4.78 is 13.4. The Bertz CT molecular complexity index is 700. The summed E-state index contributed by atoms with van der Waals surface area (Å²) in [6.45, 7) is 3.57. The summed E-state index contributed by atoms with van der Waals surface area (Å²) in [4.78, 5) is 4.22. The van der Waals surface area contributed by atoms with E-state index in [-0.39, 0.29) is 10.0 Å². The molecule has 0 unspecified atom stereocenters. The number of aromatic nitrogens is 1. The van der Waals surface area contributed by atoms with Gasteiger partial charge in [-0.15, -0.1) is 0 Å². The van der Waals surface area contributed by atoms with Crippen molar-refractivity contribution in [3.63, 3.8) is 0 Å². The van der Waals surface area contributed by atoms with Crippen molar-refractivity contribution in [3.05, 3.63) is 51.0 Å². The van der Waals surface area contributed by atoms with Crippen LogP contribution in [0.15, 0.2) is 18.2 Å². The highest BCUT2D eigenvalue weighted by Gasteiger charge is 2.11. The summed E-state index contributed by atoms with van der Waals surface area (Å²) in [7, 11) is 0. The van der Waals surface area contributed by atoms with E-state index in [2.05, 4.69) is 16.4 Å². The van der Waals surface area contributed by atoms with E-state index in [0.717, 1.165) is 5.69 Å². The van der Waals surface area contributed by atoms with Gasteiger partial charge in [0.25, 0.3) is 0 Å². The first-order chi connectivity index (χ1) is 9.42. The average Bonchev–Trinajstić information content (AvgIpc) is 2.35. The fourth-order valence-corrected chi connectivity index (χ4v) is 2.34. The number of halogens is 3. The second kappa shape index (κ2) is 5.66. The number of anilines is 2. The van der Waals surface area contributed by atoms with Crippen molar-refractivity contribution in [2.45, 2.75) is 13.8 Å². The van der Waals surface area contributed by atoms with Gasteiger partial charge in [-0.1, -0.05) is 23.2 Å². The van der Waals surface area contributed by atoms with Gasteiger partial charge in [0.2, 0.25) is 0 Å². The molecular weight excluding hydrogens is 300 g/mol. The summed E-state index contributed by atoms with van der Waals surface area (Å²) >= 11 is 11.5. The standard InChI is InChI=1S/C14H10Cl2FN3/c1-7-3-13(10(6-18)8(2)19-7)20-9-4-11(15)14(17)12(16)5-9/h3-5H,1-2H3,(H,19,20). The van der Waals surface area contributed by atoms with Crippen LogP contribution in [0.1, 0.15) is 17.0 Å². The molecule has 1 aromatic heterocycles. The lowest BCUT2D eigenvalue weighted by Gasteiger charge is -2.12. The fourth-order valence-electron chi connectivity index (χ4n) is 1.85. The number of nitrogens with zero attached hydrogens (tertiary/aromatic N) is 2. The predicted molar refractivity (Wildman–Crippen MR) is 78.1 cm³/mol. The van der Waals surface area contributed by atoms with E-state index in [1.165, 1.54) is 12.1 Å².